The van der Waals surface area contributed by atoms with Gasteiger partial charge in [0.05, 0.1) is 17.4 Å². The number of rotatable bonds is 2. The van der Waals surface area contributed by atoms with Crippen LogP contribution >= 0.6 is 0 Å². The molecule has 0 fully saturated rings. The average molecular weight is 201 g/mol. The molecule has 0 unspecified atom stereocenters. The number of anilines is 1. The number of nitrogen functional groups attached to an aromatic ring is 1. The van der Waals surface area contributed by atoms with Gasteiger partial charge in [-0.25, -0.2) is 4.68 Å². The maximum Gasteiger partial charge on any atom is 0.155 e. The summed E-state index contributed by atoms with van der Waals surface area (Å²) in [6.07, 6.45) is 2.17. The largest absolute Gasteiger partial charge is 0.383 e. The smallest absolute Gasteiger partial charge is 0.155 e. The maximum absolute atomic E-state index is 10.6. The van der Waals surface area contributed by atoms with Crippen molar-refractivity contribution in [3.63, 3.8) is 0 Å². The van der Waals surface area contributed by atoms with E-state index in [-0.39, 0.29) is 0 Å². The highest BCUT2D eigenvalue weighted by atomic mass is 16.1. The predicted octanol–water partition coefficient (Wildman–Crippen LogP) is 1.58. The minimum Gasteiger partial charge on any atom is -0.383 e. The summed E-state index contributed by atoms with van der Waals surface area (Å²) in [5.74, 6) is 0.371. The van der Waals surface area contributed by atoms with Gasteiger partial charge < -0.3 is 5.73 Å². The van der Waals surface area contributed by atoms with Crippen molar-refractivity contribution < 1.29 is 4.79 Å². The SMILES string of the molecule is Cc1cccc(-n2ncc(C=O)c2N)c1. The van der Waals surface area contributed by atoms with Gasteiger partial charge in [-0.15, -0.1) is 0 Å². The van der Waals surface area contributed by atoms with Gasteiger partial charge in [-0.1, -0.05) is 12.1 Å². The summed E-state index contributed by atoms with van der Waals surface area (Å²) < 4.78 is 1.55. The fourth-order valence-electron chi connectivity index (χ4n) is 1.43. The molecule has 1 heterocycles. The van der Waals surface area contributed by atoms with Gasteiger partial charge in [-0.05, 0) is 24.6 Å². The standard InChI is InChI=1S/C11H11N3O/c1-8-3-2-4-10(5-8)14-11(12)9(7-15)6-13-14/h2-7H,12H2,1H3. The number of aldehydes is 1. The van der Waals surface area contributed by atoms with Crippen molar-refractivity contribution >= 4 is 12.1 Å². The lowest BCUT2D eigenvalue weighted by Gasteiger charge is -2.04. The molecule has 0 saturated heterocycles. The third-order valence-electron chi connectivity index (χ3n) is 2.21. The van der Waals surface area contributed by atoms with Crippen molar-refractivity contribution in [2.75, 3.05) is 5.73 Å². The molecule has 15 heavy (non-hydrogen) atoms. The first kappa shape index (κ1) is 9.45. The summed E-state index contributed by atoms with van der Waals surface area (Å²) in [5.41, 5.74) is 8.16. The van der Waals surface area contributed by atoms with Gasteiger partial charge in [0.2, 0.25) is 0 Å². The first-order chi connectivity index (χ1) is 7.22. The summed E-state index contributed by atoms with van der Waals surface area (Å²) in [7, 11) is 0. The van der Waals surface area contributed by atoms with Crippen LogP contribution in [-0.2, 0) is 0 Å². The number of aromatic nitrogens is 2. The molecule has 2 N–H and O–H groups in total. The molecular formula is C11H11N3O. The number of aryl methyl sites for hydroxylation is 1. The Kier molecular flexibility index (Phi) is 2.25. The van der Waals surface area contributed by atoms with Crippen LogP contribution in [-0.4, -0.2) is 16.1 Å². The molecule has 0 atom stereocenters. The molecule has 76 valence electrons. The number of carbonyl (C=O) groups is 1. The molecular weight excluding hydrogens is 190 g/mol. The van der Waals surface area contributed by atoms with Crippen LogP contribution in [0.25, 0.3) is 5.69 Å². The quantitative estimate of drug-likeness (QED) is 0.750. The first-order valence-electron chi connectivity index (χ1n) is 4.58. The fraction of sp³-hybridized carbons (Fsp3) is 0.0909. The Balaban J connectivity index is 2.54. The maximum atomic E-state index is 10.6. The van der Waals surface area contributed by atoms with Crippen LogP contribution in [0.1, 0.15) is 15.9 Å². The number of hydrogen-bond donors (Lipinski definition) is 1. The lowest BCUT2D eigenvalue weighted by atomic mass is 10.2. The molecule has 0 amide bonds. The molecule has 2 rings (SSSR count). The zero-order valence-corrected chi connectivity index (χ0v) is 8.34. The number of carbonyl (C=O) groups excluding carboxylic acids is 1. The third-order valence-corrected chi connectivity index (χ3v) is 2.21. The summed E-state index contributed by atoms with van der Waals surface area (Å²) in [4.78, 5) is 10.6. The zero-order chi connectivity index (χ0) is 10.8. The van der Waals surface area contributed by atoms with E-state index in [4.69, 9.17) is 5.73 Å². The third kappa shape index (κ3) is 1.61. The van der Waals surface area contributed by atoms with Gasteiger partial charge in [0.1, 0.15) is 5.82 Å². The van der Waals surface area contributed by atoms with Crippen LogP contribution in [0.3, 0.4) is 0 Å². The Hall–Kier alpha value is -2.10. The first-order valence-corrected chi connectivity index (χ1v) is 4.58. The Morgan fingerprint density at radius 3 is 2.87 bits per heavy atom. The van der Waals surface area contributed by atoms with Gasteiger partial charge in [-0.2, -0.15) is 5.10 Å². The van der Waals surface area contributed by atoms with E-state index in [1.807, 2.05) is 31.2 Å². The molecule has 0 aliphatic heterocycles. The van der Waals surface area contributed by atoms with Crippen LogP contribution in [0.5, 0.6) is 0 Å². The lowest BCUT2D eigenvalue weighted by Crippen LogP contribution is -2.02. The highest BCUT2D eigenvalue weighted by molar-refractivity contribution is 5.81. The molecule has 0 aliphatic carbocycles. The molecule has 1 aromatic carbocycles. The second-order valence-corrected chi connectivity index (χ2v) is 3.35. The van der Waals surface area contributed by atoms with Gasteiger partial charge in [0.25, 0.3) is 0 Å². The van der Waals surface area contributed by atoms with Crippen LogP contribution in [0.2, 0.25) is 0 Å². The van der Waals surface area contributed by atoms with E-state index in [1.165, 1.54) is 6.20 Å². The Morgan fingerprint density at radius 1 is 1.47 bits per heavy atom. The second kappa shape index (κ2) is 3.57. The number of nitrogens with two attached hydrogens (primary N) is 1. The van der Waals surface area contributed by atoms with Crippen LogP contribution < -0.4 is 5.73 Å². The van der Waals surface area contributed by atoms with E-state index >= 15 is 0 Å². The van der Waals surface area contributed by atoms with Crippen LogP contribution in [0.15, 0.2) is 30.5 Å². The van der Waals surface area contributed by atoms with Crippen molar-refractivity contribution in [3.8, 4) is 5.69 Å². The van der Waals surface area contributed by atoms with Crippen molar-refractivity contribution in [3.05, 3.63) is 41.6 Å². The van der Waals surface area contributed by atoms with E-state index < -0.39 is 0 Å². The summed E-state index contributed by atoms with van der Waals surface area (Å²) in [5, 5.41) is 4.06. The topological polar surface area (TPSA) is 60.9 Å². The van der Waals surface area contributed by atoms with Gasteiger partial charge >= 0.3 is 0 Å². The van der Waals surface area contributed by atoms with Crippen molar-refractivity contribution in [2.45, 2.75) is 6.92 Å². The molecule has 4 nitrogen and oxygen atoms in total. The van der Waals surface area contributed by atoms with Crippen LogP contribution in [0.4, 0.5) is 5.82 Å². The Labute approximate surface area is 87.3 Å². The summed E-state index contributed by atoms with van der Waals surface area (Å²) >= 11 is 0. The van der Waals surface area contributed by atoms with E-state index in [0.29, 0.717) is 17.7 Å². The highest BCUT2D eigenvalue weighted by Gasteiger charge is 2.07. The van der Waals surface area contributed by atoms with Gasteiger partial charge in [0, 0.05) is 0 Å². The van der Waals surface area contributed by atoms with E-state index in [2.05, 4.69) is 5.10 Å². The minimum absolute atomic E-state index is 0.371. The van der Waals surface area contributed by atoms with Crippen molar-refractivity contribution in [2.24, 2.45) is 0 Å². The minimum atomic E-state index is 0.371. The van der Waals surface area contributed by atoms with Gasteiger partial charge in [-0.3, -0.25) is 4.79 Å². The van der Waals surface area contributed by atoms with Gasteiger partial charge in [0.15, 0.2) is 6.29 Å². The molecule has 4 heteroatoms. The number of nitrogens with zero attached hydrogens (tertiary/aromatic N) is 2. The normalized spacial score (nSPS) is 10.2. The number of benzene rings is 1. The summed E-state index contributed by atoms with van der Waals surface area (Å²) in [6.45, 7) is 1.99. The second-order valence-electron chi connectivity index (χ2n) is 3.35. The predicted molar refractivity (Wildman–Crippen MR) is 58.1 cm³/mol. The summed E-state index contributed by atoms with van der Waals surface area (Å²) in [6, 6.07) is 7.76. The highest BCUT2D eigenvalue weighted by Crippen LogP contribution is 2.16. The van der Waals surface area contributed by atoms with Crippen molar-refractivity contribution in [1.29, 1.82) is 0 Å². The molecule has 0 aliphatic rings. The number of hydrogen-bond acceptors (Lipinski definition) is 3. The average Bonchev–Trinajstić information content (AvgIpc) is 2.59. The molecule has 2 aromatic rings. The Bertz CT molecular complexity index is 502. The molecule has 0 radical (unpaired) electrons. The molecule has 0 spiro atoms. The molecule has 0 bridgehead atoms. The van der Waals surface area contributed by atoms with E-state index in [0.717, 1.165) is 11.3 Å². The fourth-order valence-corrected chi connectivity index (χ4v) is 1.43. The van der Waals surface area contributed by atoms with E-state index in [1.54, 1.807) is 4.68 Å². The van der Waals surface area contributed by atoms with Crippen molar-refractivity contribution in [1.82, 2.24) is 9.78 Å². The molecule has 1 aromatic heterocycles. The van der Waals surface area contributed by atoms with E-state index in [9.17, 15) is 4.79 Å². The Morgan fingerprint density at radius 2 is 2.27 bits per heavy atom. The lowest BCUT2D eigenvalue weighted by molar-refractivity contribution is 0.112. The van der Waals surface area contributed by atoms with Crippen LogP contribution in [0, 0.1) is 6.92 Å². The zero-order valence-electron chi connectivity index (χ0n) is 8.34. The molecule has 0 saturated carbocycles. The monoisotopic (exact) mass is 201 g/mol.